The van der Waals surface area contributed by atoms with Crippen molar-refractivity contribution in [3.05, 3.63) is 28.2 Å². The monoisotopic (exact) mass is 350 g/mol. The molecule has 0 radical (unpaired) electrons. The SMILES string of the molecule is CC(C)(C(=O)Nc1ccc(C#N)cc1Br)N1CCNCC1. The summed E-state index contributed by atoms with van der Waals surface area (Å²) in [5, 5.41) is 15.1. The topological polar surface area (TPSA) is 68.2 Å². The first kappa shape index (κ1) is 16.0. The maximum Gasteiger partial charge on any atom is 0.244 e. The van der Waals surface area contributed by atoms with Crippen LogP contribution in [-0.2, 0) is 4.79 Å². The molecule has 112 valence electrons. The molecular formula is C15H19BrN4O. The van der Waals surface area contributed by atoms with Gasteiger partial charge in [-0.05, 0) is 48.0 Å². The second kappa shape index (κ2) is 6.56. The van der Waals surface area contributed by atoms with Gasteiger partial charge in [0.25, 0.3) is 0 Å². The van der Waals surface area contributed by atoms with E-state index in [0.717, 1.165) is 26.2 Å². The van der Waals surface area contributed by atoms with E-state index >= 15 is 0 Å². The molecule has 0 bridgehead atoms. The Morgan fingerprint density at radius 3 is 2.67 bits per heavy atom. The van der Waals surface area contributed by atoms with Crippen LogP contribution >= 0.6 is 15.9 Å². The zero-order chi connectivity index (χ0) is 15.5. The molecule has 1 aromatic carbocycles. The Kier molecular flexibility index (Phi) is 4.99. The number of nitriles is 1. The first-order chi connectivity index (χ1) is 9.95. The fourth-order valence-corrected chi connectivity index (χ4v) is 2.81. The van der Waals surface area contributed by atoms with E-state index < -0.39 is 5.54 Å². The summed E-state index contributed by atoms with van der Waals surface area (Å²) in [5.41, 5.74) is 0.665. The molecule has 6 heteroatoms. The number of carbonyl (C=O) groups is 1. The maximum atomic E-state index is 12.6. The highest BCUT2D eigenvalue weighted by Crippen LogP contribution is 2.25. The summed E-state index contributed by atoms with van der Waals surface area (Å²) < 4.78 is 0.714. The average Bonchev–Trinajstić information content (AvgIpc) is 2.50. The Balaban J connectivity index is 2.11. The number of halogens is 1. The number of carbonyl (C=O) groups excluding carboxylic acids is 1. The summed E-state index contributed by atoms with van der Waals surface area (Å²) in [5.74, 6) is -0.0465. The van der Waals surface area contributed by atoms with E-state index in [1.807, 2.05) is 13.8 Å². The third-order valence-corrected chi connectivity index (χ3v) is 4.47. The smallest absolute Gasteiger partial charge is 0.244 e. The summed E-state index contributed by atoms with van der Waals surface area (Å²) in [4.78, 5) is 14.8. The lowest BCUT2D eigenvalue weighted by atomic mass is 10.00. The van der Waals surface area contributed by atoms with Crippen molar-refractivity contribution in [3.63, 3.8) is 0 Å². The van der Waals surface area contributed by atoms with E-state index in [1.165, 1.54) is 0 Å². The molecule has 0 unspecified atom stereocenters. The van der Waals surface area contributed by atoms with E-state index in [0.29, 0.717) is 15.7 Å². The van der Waals surface area contributed by atoms with Crippen LogP contribution in [0.1, 0.15) is 19.4 Å². The van der Waals surface area contributed by atoms with Crippen LogP contribution in [-0.4, -0.2) is 42.5 Å². The second-order valence-corrected chi connectivity index (χ2v) is 6.41. The minimum absolute atomic E-state index is 0.0465. The normalized spacial score (nSPS) is 16.3. The molecule has 2 rings (SSSR count). The minimum atomic E-state index is -0.574. The van der Waals surface area contributed by atoms with Crippen LogP contribution in [0.15, 0.2) is 22.7 Å². The molecule has 5 nitrogen and oxygen atoms in total. The van der Waals surface area contributed by atoms with E-state index in [9.17, 15) is 4.79 Å². The zero-order valence-electron chi connectivity index (χ0n) is 12.2. The Bertz CT molecular complexity index is 574. The van der Waals surface area contributed by atoms with Crippen LogP contribution < -0.4 is 10.6 Å². The van der Waals surface area contributed by atoms with Crippen LogP contribution in [0.4, 0.5) is 5.69 Å². The number of benzene rings is 1. The molecule has 1 amide bonds. The molecule has 0 spiro atoms. The third kappa shape index (κ3) is 3.62. The Labute approximate surface area is 133 Å². The van der Waals surface area contributed by atoms with Crippen LogP contribution in [0.2, 0.25) is 0 Å². The molecule has 0 aromatic heterocycles. The predicted molar refractivity (Wildman–Crippen MR) is 86.0 cm³/mol. The second-order valence-electron chi connectivity index (χ2n) is 5.56. The number of anilines is 1. The summed E-state index contributed by atoms with van der Waals surface area (Å²) in [7, 11) is 0. The van der Waals surface area contributed by atoms with Gasteiger partial charge in [-0.25, -0.2) is 0 Å². The quantitative estimate of drug-likeness (QED) is 0.874. The molecule has 1 aromatic rings. The van der Waals surface area contributed by atoms with Gasteiger partial charge in [0, 0.05) is 30.7 Å². The fourth-order valence-electron chi connectivity index (χ4n) is 2.33. The van der Waals surface area contributed by atoms with Gasteiger partial charge in [0.2, 0.25) is 5.91 Å². The van der Waals surface area contributed by atoms with Crippen molar-refractivity contribution in [1.29, 1.82) is 5.26 Å². The van der Waals surface area contributed by atoms with Crippen molar-refractivity contribution in [2.24, 2.45) is 0 Å². The van der Waals surface area contributed by atoms with Crippen molar-refractivity contribution in [2.45, 2.75) is 19.4 Å². The van der Waals surface area contributed by atoms with Crippen molar-refractivity contribution >= 4 is 27.5 Å². The molecule has 2 N–H and O–H groups in total. The minimum Gasteiger partial charge on any atom is -0.323 e. The van der Waals surface area contributed by atoms with Crippen molar-refractivity contribution in [2.75, 3.05) is 31.5 Å². The highest BCUT2D eigenvalue weighted by atomic mass is 79.9. The van der Waals surface area contributed by atoms with E-state index in [-0.39, 0.29) is 5.91 Å². The maximum absolute atomic E-state index is 12.6. The van der Waals surface area contributed by atoms with Gasteiger partial charge >= 0.3 is 0 Å². The van der Waals surface area contributed by atoms with Gasteiger partial charge in [0.1, 0.15) is 0 Å². The summed E-state index contributed by atoms with van der Waals surface area (Å²) in [6, 6.07) is 7.21. The predicted octanol–water partition coefficient (Wildman–Crippen LogP) is 1.94. The molecule has 0 saturated carbocycles. The molecule has 0 atom stereocenters. The number of hydrogen-bond acceptors (Lipinski definition) is 4. The fraction of sp³-hybridized carbons (Fsp3) is 0.467. The van der Waals surface area contributed by atoms with Gasteiger partial charge in [-0.15, -0.1) is 0 Å². The standard InChI is InChI=1S/C15H19BrN4O/c1-15(2,20-7-5-18-6-8-20)14(21)19-13-4-3-11(10-17)9-12(13)16/h3-4,9,18H,5-8H2,1-2H3,(H,19,21). The van der Waals surface area contributed by atoms with Gasteiger partial charge in [0.15, 0.2) is 0 Å². The summed E-state index contributed by atoms with van der Waals surface area (Å²) in [6.45, 7) is 7.38. The first-order valence-electron chi connectivity index (χ1n) is 6.92. The summed E-state index contributed by atoms with van der Waals surface area (Å²) >= 11 is 3.39. The molecule has 1 aliphatic rings. The molecule has 21 heavy (non-hydrogen) atoms. The largest absolute Gasteiger partial charge is 0.323 e. The average molecular weight is 351 g/mol. The number of amides is 1. The van der Waals surface area contributed by atoms with Gasteiger partial charge in [-0.3, -0.25) is 9.69 Å². The van der Waals surface area contributed by atoms with E-state index in [4.69, 9.17) is 5.26 Å². The lowest BCUT2D eigenvalue weighted by Gasteiger charge is -2.39. The lowest BCUT2D eigenvalue weighted by molar-refractivity contribution is -0.126. The highest BCUT2D eigenvalue weighted by molar-refractivity contribution is 9.10. The Hall–Kier alpha value is -1.42. The number of piperazine rings is 1. The number of rotatable bonds is 3. The zero-order valence-corrected chi connectivity index (χ0v) is 13.8. The lowest BCUT2D eigenvalue weighted by Crippen LogP contribution is -2.58. The van der Waals surface area contributed by atoms with Gasteiger partial charge in [-0.2, -0.15) is 5.26 Å². The molecular weight excluding hydrogens is 332 g/mol. The van der Waals surface area contributed by atoms with E-state index in [2.05, 4.69) is 37.5 Å². The van der Waals surface area contributed by atoms with Gasteiger partial charge < -0.3 is 10.6 Å². The molecule has 1 heterocycles. The third-order valence-electron chi connectivity index (χ3n) is 3.81. The van der Waals surface area contributed by atoms with Crippen molar-refractivity contribution in [1.82, 2.24) is 10.2 Å². The van der Waals surface area contributed by atoms with Gasteiger partial charge in [-0.1, -0.05) is 0 Å². The van der Waals surface area contributed by atoms with Crippen molar-refractivity contribution in [3.8, 4) is 6.07 Å². The van der Waals surface area contributed by atoms with Gasteiger partial charge in [0.05, 0.1) is 22.9 Å². The Morgan fingerprint density at radius 2 is 2.10 bits per heavy atom. The van der Waals surface area contributed by atoms with Crippen LogP contribution in [0.25, 0.3) is 0 Å². The summed E-state index contributed by atoms with van der Waals surface area (Å²) in [6.07, 6.45) is 0. The molecule has 0 aliphatic carbocycles. The van der Waals surface area contributed by atoms with Crippen molar-refractivity contribution < 1.29 is 4.79 Å². The number of hydrogen-bond donors (Lipinski definition) is 2. The number of nitrogens with zero attached hydrogens (tertiary/aromatic N) is 2. The van der Waals surface area contributed by atoms with Crippen LogP contribution in [0, 0.1) is 11.3 Å². The number of nitrogens with one attached hydrogen (secondary N) is 2. The Morgan fingerprint density at radius 1 is 1.43 bits per heavy atom. The molecule has 1 aliphatic heterocycles. The highest BCUT2D eigenvalue weighted by Gasteiger charge is 2.35. The molecule has 1 saturated heterocycles. The molecule has 1 fully saturated rings. The van der Waals surface area contributed by atoms with E-state index in [1.54, 1.807) is 18.2 Å². The first-order valence-corrected chi connectivity index (χ1v) is 7.71. The van der Waals surface area contributed by atoms with Crippen LogP contribution in [0.5, 0.6) is 0 Å². The van der Waals surface area contributed by atoms with Crippen LogP contribution in [0.3, 0.4) is 0 Å².